The average Bonchev–Trinajstić information content (AvgIpc) is 2.41. The summed E-state index contributed by atoms with van der Waals surface area (Å²) >= 11 is 5.43. The minimum Gasteiger partial charge on any atom is -0.343 e. The Bertz CT molecular complexity index is 199. The third-order valence-corrected chi connectivity index (χ3v) is 2.38. The van der Waals surface area contributed by atoms with Gasteiger partial charge < -0.3 is 9.80 Å². The van der Waals surface area contributed by atoms with E-state index in [1.165, 1.54) is 0 Å². The van der Waals surface area contributed by atoms with Gasteiger partial charge in [-0.05, 0) is 6.42 Å². The fourth-order valence-corrected chi connectivity index (χ4v) is 1.55. The van der Waals surface area contributed by atoms with E-state index in [1.807, 2.05) is 0 Å². The number of hydrogen-bond acceptors (Lipinski definition) is 2. The highest BCUT2D eigenvalue weighted by Crippen LogP contribution is 2.02. The first kappa shape index (κ1) is 10.3. The number of amides is 2. The van der Waals surface area contributed by atoms with Gasteiger partial charge in [0.2, 0.25) is 12.3 Å². The molecule has 0 radical (unpaired) electrons. The van der Waals surface area contributed by atoms with E-state index in [1.54, 1.807) is 9.80 Å². The summed E-state index contributed by atoms with van der Waals surface area (Å²) in [5.41, 5.74) is 0. The highest BCUT2D eigenvalue weighted by Gasteiger charge is 2.16. The van der Waals surface area contributed by atoms with Crippen LogP contribution in [0.3, 0.4) is 0 Å². The van der Waals surface area contributed by atoms with E-state index in [0.29, 0.717) is 19.6 Å². The number of hydrogen-bond donors (Lipinski definition) is 0. The summed E-state index contributed by atoms with van der Waals surface area (Å²) in [7, 11) is 0. The van der Waals surface area contributed by atoms with E-state index in [9.17, 15) is 9.59 Å². The number of carbonyl (C=O) groups excluding carboxylic acids is 2. The van der Waals surface area contributed by atoms with E-state index in [4.69, 9.17) is 11.6 Å². The minimum atomic E-state index is -0.0468. The maximum absolute atomic E-state index is 11.2. The van der Waals surface area contributed by atoms with Crippen LogP contribution < -0.4 is 0 Å². The van der Waals surface area contributed by atoms with E-state index in [2.05, 4.69) is 0 Å². The largest absolute Gasteiger partial charge is 0.343 e. The Kier molecular flexibility index (Phi) is 4.02. The molecule has 1 aliphatic rings. The SMILES string of the molecule is O=CN1CCCN(C(=O)CCl)CC1. The molecule has 0 saturated carbocycles. The van der Waals surface area contributed by atoms with Crippen LogP contribution in [0.5, 0.6) is 0 Å². The van der Waals surface area contributed by atoms with Crippen molar-refractivity contribution < 1.29 is 9.59 Å². The molecule has 1 rings (SSSR count). The summed E-state index contributed by atoms with van der Waals surface area (Å²) in [4.78, 5) is 25.0. The van der Waals surface area contributed by atoms with Crippen LogP contribution in [0.1, 0.15) is 6.42 Å². The first-order valence-electron chi connectivity index (χ1n) is 4.31. The third-order valence-electron chi connectivity index (χ3n) is 2.15. The van der Waals surface area contributed by atoms with Crippen LogP contribution in [0.4, 0.5) is 0 Å². The van der Waals surface area contributed by atoms with Gasteiger partial charge in [0.15, 0.2) is 0 Å². The molecule has 1 fully saturated rings. The van der Waals surface area contributed by atoms with Gasteiger partial charge in [0.05, 0.1) is 0 Å². The van der Waals surface area contributed by atoms with Crippen molar-refractivity contribution in [1.29, 1.82) is 0 Å². The highest BCUT2D eigenvalue weighted by molar-refractivity contribution is 6.27. The predicted octanol–water partition coefficient (Wildman–Crippen LogP) is -0.0841. The van der Waals surface area contributed by atoms with E-state index in [-0.39, 0.29) is 11.8 Å². The van der Waals surface area contributed by atoms with Gasteiger partial charge in [0.1, 0.15) is 5.88 Å². The van der Waals surface area contributed by atoms with E-state index in [0.717, 1.165) is 19.4 Å². The zero-order chi connectivity index (χ0) is 9.68. The van der Waals surface area contributed by atoms with Crippen LogP contribution >= 0.6 is 11.6 Å². The molecule has 0 aromatic rings. The van der Waals surface area contributed by atoms with Crippen molar-refractivity contribution in [2.24, 2.45) is 0 Å². The summed E-state index contributed by atoms with van der Waals surface area (Å²) in [6.07, 6.45) is 1.66. The summed E-state index contributed by atoms with van der Waals surface area (Å²) < 4.78 is 0. The Morgan fingerprint density at radius 2 is 2.08 bits per heavy atom. The number of rotatable bonds is 2. The van der Waals surface area contributed by atoms with Gasteiger partial charge >= 0.3 is 0 Å². The summed E-state index contributed by atoms with van der Waals surface area (Å²) in [5, 5.41) is 0. The molecule has 0 aliphatic carbocycles. The molecular formula is C8H13ClN2O2. The van der Waals surface area contributed by atoms with Crippen molar-refractivity contribution >= 4 is 23.9 Å². The molecule has 2 amide bonds. The van der Waals surface area contributed by atoms with Crippen LogP contribution in [0.2, 0.25) is 0 Å². The van der Waals surface area contributed by atoms with Gasteiger partial charge in [-0.25, -0.2) is 0 Å². The Morgan fingerprint density at radius 1 is 1.31 bits per heavy atom. The molecule has 74 valence electrons. The second-order valence-electron chi connectivity index (χ2n) is 3.01. The molecular weight excluding hydrogens is 192 g/mol. The lowest BCUT2D eigenvalue weighted by atomic mass is 10.4. The fourth-order valence-electron chi connectivity index (χ4n) is 1.38. The lowest BCUT2D eigenvalue weighted by Gasteiger charge is -2.18. The summed E-state index contributed by atoms with van der Waals surface area (Å²) in [6.45, 7) is 2.65. The Morgan fingerprint density at radius 3 is 2.69 bits per heavy atom. The molecule has 1 saturated heterocycles. The van der Waals surface area contributed by atoms with Gasteiger partial charge in [-0.2, -0.15) is 0 Å². The second-order valence-corrected chi connectivity index (χ2v) is 3.28. The number of halogens is 1. The molecule has 0 unspecified atom stereocenters. The molecule has 4 nitrogen and oxygen atoms in total. The monoisotopic (exact) mass is 204 g/mol. The smallest absolute Gasteiger partial charge is 0.237 e. The number of nitrogens with zero attached hydrogens (tertiary/aromatic N) is 2. The number of carbonyl (C=O) groups is 2. The highest BCUT2D eigenvalue weighted by atomic mass is 35.5. The topological polar surface area (TPSA) is 40.6 Å². The van der Waals surface area contributed by atoms with Crippen molar-refractivity contribution in [3.8, 4) is 0 Å². The molecule has 5 heteroatoms. The van der Waals surface area contributed by atoms with Crippen LogP contribution in [0.25, 0.3) is 0 Å². The zero-order valence-corrected chi connectivity index (χ0v) is 8.16. The van der Waals surface area contributed by atoms with Gasteiger partial charge in [0.25, 0.3) is 0 Å². The Labute approximate surface area is 82.4 Å². The van der Waals surface area contributed by atoms with Crippen molar-refractivity contribution in [2.45, 2.75) is 6.42 Å². The molecule has 1 aliphatic heterocycles. The van der Waals surface area contributed by atoms with Crippen molar-refractivity contribution in [2.75, 3.05) is 32.1 Å². The van der Waals surface area contributed by atoms with Gasteiger partial charge in [-0.1, -0.05) is 0 Å². The summed E-state index contributed by atoms with van der Waals surface area (Å²) in [6, 6.07) is 0. The van der Waals surface area contributed by atoms with E-state index < -0.39 is 0 Å². The van der Waals surface area contributed by atoms with Crippen LogP contribution in [-0.4, -0.2) is 54.2 Å². The first-order valence-corrected chi connectivity index (χ1v) is 4.84. The zero-order valence-electron chi connectivity index (χ0n) is 7.41. The molecule has 0 spiro atoms. The maximum atomic E-state index is 11.2. The lowest BCUT2D eigenvalue weighted by molar-refractivity contribution is -0.128. The minimum absolute atomic E-state index is 0.0289. The van der Waals surface area contributed by atoms with Gasteiger partial charge in [-0.15, -0.1) is 11.6 Å². The second kappa shape index (κ2) is 5.07. The quantitative estimate of drug-likeness (QED) is 0.466. The lowest BCUT2D eigenvalue weighted by Crippen LogP contribution is -2.35. The van der Waals surface area contributed by atoms with Crippen molar-refractivity contribution in [3.63, 3.8) is 0 Å². The maximum Gasteiger partial charge on any atom is 0.237 e. The molecule has 0 aromatic carbocycles. The predicted molar refractivity (Wildman–Crippen MR) is 49.6 cm³/mol. The molecule has 0 N–H and O–H groups in total. The molecule has 13 heavy (non-hydrogen) atoms. The van der Waals surface area contributed by atoms with Gasteiger partial charge in [0, 0.05) is 26.2 Å². The molecule has 1 heterocycles. The molecule has 0 bridgehead atoms. The van der Waals surface area contributed by atoms with Crippen LogP contribution in [0.15, 0.2) is 0 Å². The normalized spacial score (nSPS) is 18.2. The first-order chi connectivity index (χ1) is 6.27. The fraction of sp³-hybridized carbons (Fsp3) is 0.750. The standard InChI is InChI=1S/C8H13ClN2O2/c9-6-8(13)11-3-1-2-10(7-12)4-5-11/h7H,1-6H2. The average molecular weight is 205 g/mol. The number of alkyl halides is 1. The van der Waals surface area contributed by atoms with Crippen molar-refractivity contribution in [3.05, 3.63) is 0 Å². The Hall–Kier alpha value is -0.770. The van der Waals surface area contributed by atoms with Crippen molar-refractivity contribution in [1.82, 2.24) is 9.80 Å². The third kappa shape index (κ3) is 2.88. The van der Waals surface area contributed by atoms with Gasteiger partial charge in [-0.3, -0.25) is 9.59 Å². The molecule has 0 aromatic heterocycles. The molecule has 0 atom stereocenters. The van der Waals surface area contributed by atoms with Crippen LogP contribution in [-0.2, 0) is 9.59 Å². The summed E-state index contributed by atoms with van der Waals surface area (Å²) in [5.74, 6) is -0.0180. The Balaban J connectivity index is 2.44. The van der Waals surface area contributed by atoms with E-state index >= 15 is 0 Å². The van der Waals surface area contributed by atoms with Crippen LogP contribution in [0, 0.1) is 0 Å².